The van der Waals surface area contributed by atoms with Crippen molar-refractivity contribution < 1.29 is 14.3 Å². The fraction of sp³-hybridized carbons (Fsp3) is 0.667. The second-order valence-corrected chi connectivity index (χ2v) is 6.57. The number of hydrogen-bond acceptors (Lipinski definition) is 5. The van der Waals surface area contributed by atoms with E-state index in [1.807, 2.05) is 19.2 Å². The Morgan fingerprint density at radius 2 is 2.23 bits per heavy atom. The molecule has 0 aliphatic heterocycles. The van der Waals surface area contributed by atoms with Crippen molar-refractivity contribution in [3.8, 4) is 0 Å². The van der Waals surface area contributed by atoms with E-state index in [9.17, 15) is 9.59 Å². The van der Waals surface area contributed by atoms with E-state index in [1.165, 1.54) is 11.3 Å². The first kappa shape index (κ1) is 16.9. The Labute approximate surface area is 134 Å². The van der Waals surface area contributed by atoms with E-state index in [-0.39, 0.29) is 30.3 Å². The summed E-state index contributed by atoms with van der Waals surface area (Å²) in [7, 11) is 0. The maximum Gasteiger partial charge on any atom is 0.229 e. The molecule has 7 heteroatoms. The van der Waals surface area contributed by atoms with Gasteiger partial charge in [-0.2, -0.15) is 0 Å². The molecule has 0 saturated heterocycles. The van der Waals surface area contributed by atoms with Gasteiger partial charge in [0.05, 0.1) is 18.2 Å². The van der Waals surface area contributed by atoms with Gasteiger partial charge in [0.15, 0.2) is 5.13 Å². The molecule has 0 aromatic carbocycles. The zero-order valence-corrected chi connectivity index (χ0v) is 13.9. The fourth-order valence-electron chi connectivity index (χ4n) is 1.84. The molecule has 1 aromatic heterocycles. The molecule has 1 aliphatic carbocycles. The molecule has 2 N–H and O–H groups in total. The van der Waals surface area contributed by atoms with E-state index in [1.54, 1.807) is 0 Å². The lowest BCUT2D eigenvalue weighted by atomic mass is 10.3. The topological polar surface area (TPSA) is 80.3 Å². The van der Waals surface area contributed by atoms with Crippen molar-refractivity contribution in [2.24, 2.45) is 5.92 Å². The summed E-state index contributed by atoms with van der Waals surface area (Å²) in [5.74, 6) is 0.133. The van der Waals surface area contributed by atoms with Gasteiger partial charge in [0.1, 0.15) is 0 Å². The minimum absolute atomic E-state index is 0.0375. The quantitative estimate of drug-likeness (QED) is 0.680. The third-order valence-electron chi connectivity index (χ3n) is 3.17. The molecule has 22 heavy (non-hydrogen) atoms. The highest BCUT2D eigenvalue weighted by molar-refractivity contribution is 7.13. The number of thiazole rings is 1. The lowest BCUT2D eigenvalue weighted by Crippen LogP contribution is -2.27. The first-order valence-electron chi connectivity index (χ1n) is 7.68. The van der Waals surface area contributed by atoms with Gasteiger partial charge in [-0.1, -0.05) is 0 Å². The molecule has 2 amide bonds. The van der Waals surface area contributed by atoms with E-state index in [4.69, 9.17) is 4.74 Å². The number of carbonyl (C=O) groups excluding carboxylic acids is 2. The van der Waals surface area contributed by atoms with Crippen LogP contribution in [-0.2, 0) is 20.7 Å². The molecule has 6 nitrogen and oxygen atoms in total. The summed E-state index contributed by atoms with van der Waals surface area (Å²) in [6.45, 7) is 5.22. The summed E-state index contributed by atoms with van der Waals surface area (Å²) in [6.07, 6.45) is 3.18. The summed E-state index contributed by atoms with van der Waals surface area (Å²) < 4.78 is 5.40. The lowest BCUT2D eigenvalue weighted by Gasteiger charge is -2.07. The van der Waals surface area contributed by atoms with Gasteiger partial charge in [0.25, 0.3) is 0 Å². The zero-order valence-electron chi connectivity index (χ0n) is 13.1. The SMILES string of the molecule is CC(C)OCCCNC(=O)Cc1csc(NC(=O)C2CC2)n1. The summed E-state index contributed by atoms with van der Waals surface area (Å²) in [4.78, 5) is 27.7. The largest absolute Gasteiger partial charge is 0.379 e. The predicted octanol–water partition coefficient (Wildman–Crippen LogP) is 1.97. The molecule has 122 valence electrons. The van der Waals surface area contributed by atoms with Crippen LogP contribution in [0.1, 0.15) is 38.8 Å². The number of nitrogens with zero attached hydrogens (tertiary/aromatic N) is 1. The second-order valence-electron chi connectivity index (χ2n) is 5.71. The van der Waals surface area contributed by atoms with E-state index < -0.39 is 0 Å². The molecule has 0 radical (unpaired) electrons. The third-order valence-corrected chi connectivity index (χ3v) is 3.97. The van der Waals surface area contributed by atoms with Crippen LogP contribution in [0.4, 0.5) is 5.13 Å². The summed E-state index contributed by atoms with van der Waals surface area (Å²) >= 11 is 1.36. The number of nitrogens with one attached hydrogen (secondary N) is 2. The first-order valence-corrected chi connectivity index (χ1v) is 8.56. The van der Waals surface area contributed by atoms with Gasteiger partial charge < -0.3 is 15.4 Å². The first-order chi connectivity index (χ1) is 10.5. The minimum atomic E-state index is -0.0603. The van der Waals surface area contributed by atoms with Crippen LogP contribution < -0.4 is 10.6 Å². The highest BCUT2D eigenvalue weighted by Crippen LogP contribution is 2.30. The van der Waals surface area contributed by atoms with Crippen molar-refractivity contribution in [2.75, 3.05) is 18.5 Å². The van der Waals surface area contributed by atoms with Gasteiger partial charge in [-0.25, -0.2) is 4.98 Å². The van der Waals surface area contributed by atoms with Crippen molar-refractivity contribution >= 4 is 28.3 Å². The molecular formula is C15H23N3O3S. The standard InChI is InChI=1S/C15H23N3O3S/c1-10(2)21-7-3-6-16-13(19)8-12-9-22-15(17-12)18-14(20)11-4-5-11/h9-11H,3-8H2,1-2H3,(H,16,19)(H,17,18,20). The maximum absolute atomic E-state index is 11.8. The lowest BCUT2D eigenvalue weighted by molar-refractivity contribution is -0.120. The number of anilines is 1. The van der Waals surface area contributed by atoms with E-state index >= 15 is 0 Å². The van der Waals surface area contributed by atoms with Gasteiger partial charge in [0.2, 0.25) is 11.8 Å². The Morgan fingerprint density at radius 3 is 2.91 bits per heavy atom. The van der Waals surface area contributed by atoms with Gasteiger partial charge >= 0.3 is 0 Å². The number of amides is 2. The Balaban J connectivity index is 1.64. The molecule has 0 atom stereocenters. The Kier molecular flexibility index (Phi) is 6.33. The molecule has 0 unspecified atom stereocenters. The fourth-order valence-corrected chi connectivity index (χ4v) is 2.56. The summed E-state index contributed by atoms with van der Waals surface area (Å²) in [5.41, 5.74) is 0.687. The van der Waals surface area contributed by atoms with Gasteiger partial charge in [-0.05, 0) is 33.1 Å². The molecule has 0 bridgehead atoms. The van der Waals surface area contributed by atoms with Crippen molar-refractivity contribution in [2.45, 2.75) is 45.6 Å². The van der Waals surface area contributed by atoms with E-state index in [2.05, 4.69) is 15.6 Å². The van der Waals surface area contributed by atoms with Crippen LogP contribution in [0.25, 0.3) is 0 Å². The predicted molar refractivity (Wildman–Crippen MR) is 85.9 cm³/mol. The summed E-state index contributed by atoms with van der Waals surface area (Å²) in [5, 5.41) is 8.01. The van der Waals surface area contributed by atoms with Crippen LogP contribution in [0.2, 0.25) is 0 Å². The number of carbonyl (C=O) groups is 2. The Bertz CT molecular complexity index is 512. The highest BCUT2D eigenvalue weighted by Gasteiger charge is 2.30. The third kappa shape index (κ3) is 6.11. The van der Waals surface area contributed by atoms with Crippen LogP contribution in [0.3, 0.4) is 0 Å². The number of aromatic nitrogens is 1. The van der Waals surface area contributed by atoms with Crippen LogP contribution >= 0.6 is 11.3 Å². The number of rotatable bonds is 9. The van der Waals surface area contributed by atoms with E-state index in [0.717, 1.165) is 19.3 Å². The molecule has 1 aromatic rings. The minimum Gasteiger partial charge on any atom is -0.379 e. The second kappa shape index (κ2) is 8.24. The van der Waals surface area contributed by atoms with Crippen LogP contribution in [-0.4, -0.2) is 36.1 Å². The van der Waals surface area contributed by atoms with Gasteiger partial charge in [0, 0.05) is 24.4 Å². The van der Waals surface area contributed by atoms with Crippen LogP contribution in [0.15, 0.2) is 5.38 Å². The Morgan fingerprint density at radius 1 is 1.45 bits per heavy atom. The van der Waals surface area contributed by atoms with Gasteiger partial charge in [-0.15, -0.1) is 11.3 Å². The average Bonchev–Trinajstić information content (AvgIpc) is 3.21. The molecule has 1 aliphatic rings. The Hall–Kier alpha value is -1.47. The zero-order chi connectivity index (χ0) is 15.9. The average molecular weight is 325 g/mol. The van der Waals surface area contributed by atoms with Crippen molar-refractivity contribution in [1.82, 2.24) is 10.3 Å². The van der Waals surface area contributed by atoms with Gasteiger partial charge in [-0.3, -0.25) is 9.59 Å². The van der Waals surface area contributed by atoms with Crippen LogP contribution in [0.5, 0.6) is 0 Å². The molecule has 2 rings (SSSR count). The molecular weight excluding hydrogens is 302 g/mol. The van der Waals surface area contributed by atoms with E-state index in [0.29, 0.717) is 24.0 Å². The van der Waals surface area contributed by atoms with Crippen molar-refractivity contribution in [3.05, 3.63) is 11.1 Å². The summed E-state index contributed by atoms with van der Waals surface area (Å²) in [6, 6.07) is 0. The molecule has 0 spiro atoms. The number of hydrogen-bond donors (Lipinski definition) is 2. The maximum atomic E-state index is 11.8. The molecule has 1 fully saturated rings. The number of ether oxygens (including phenoxy) is 1. The van der Waals surface area contributed by atoms with Crippen LogP contribution in [0, 0.1) is 5.92 Å². The van der Waals surface area contributed by atoms with Crippen molar-refractivity contribution in [3.63, 3.8) is 0 Å². The smallest absolute Gasteiger partial charge is 0.229 e. The molecule has 1 saturated carbocycles. The normalized spacial score (nSPS) is 14.1. The monoisotopic (exact) mass is 325 g/mol. The van der Waals surface area contributed by atoms with Crippen molar-refractivity contribution in [1.29, 1.82) is 0 Å². The molecule has 1 heterocycles. The highest BCUT2D eigenvalue weighted by atomic mass is 32.1.